The highest BCUT2D eigenvalue weighted by Crippen LogP contribution is 2.40. The lowest BCUT2D eigenvalue weighted by molar-refractivity contribution is 0.0693. The van der Waals surface area contributed by atoms with Gasteiger partial charge in [0.05, 0.1) is 0 Å². The Morgan fingerprint density at radius 3 is 2.63 bits per heavy atom. The van der Waals surface area contributed by atoms with Crippen molar-refractivity contribution in [2.24, 2.45) is 11.7 Å². The van der Waals surface area contributed by atoms with Gasteiger partial charge in [-0.15, -0.1) is 0 Å². The van der Waals surface area contributed by atoms with Gasteiger partial charge >= 0.3 is 5.97 Å². The molecule has 0 radical (unpaired) electrons. The van der Waals surface area contributed by atoms with E-state index in [1.54, 1.807) is 0 Å². The zero-order valence-corrected chi connectivity index (χ0v) is 10.7. The Hall–Kier alpha value is -1.79. The second-order valence-electron chi connectivity index (χ2n) is 5.03. The van der Waals surface area contributed by atoms with Gasteiger partial charge in [0.2, 0.25) is 0 Å². The zero-order valence-electron chi connectivity index (χ0n) is 10.7. The van der Waals surface area contributed by atoms with Crippen LogP contribution in [0.4, 0.5) is 0 Å². The van der Waals surface area contributed by atoms with Crippen LogP contribution in [0.15, 0.2) is 12.1 Å². The van der Waals surface area contributed by atoms with Crippen molar-refractivity contribution in [3.8, 4) is 11.5 Å². The van der Waals surface area contributed by atoms with Gasteiger partial charge in [-0.25, -0.2) is 4.79 Å². The maximum atomic E-state index is 11.0. The van der Waals surface area contributed by atoms with Crippen molar-refractivity contribution < 1.29 is 20.1 Å². The first-order valence-corrected chi connectivity index (χ1v) is 6.13. The van der Waals surface area contributed by atoms with E-state index in [1.807, 2.05) is 11.9 Å². The number of aromatic hydroxyl groups is 2. The minimum atomic E-state index is -1.21. The van der Waals surface area contributed by atoms with E-state index in [0.29, 0.717) is 18.0 Å². The van der Waals surface area contributed by atoms with Crippen molar-refractivity contribution in [1.29, 1.82) is 0 Å². The van der Waals surface area contributed by atoms with Crippen LogP contribution in [0.25, 0.3) is 0 Å². The average molecular weight is 266 g/mol. The number of aromatic carboxylic acids is 1. The van der Waals surface area contributed by atoms with Gasteiger partial charge in [-0.05, 0) is 32.0 Å². The Balaban J connectivity index is 2.39. The van der Waals surface area contributed by atoms with Gasteiger partial charge in [-0.3, -0.25) is 4.90 Å². The quantitative estimate of drug-likeness (QED) is 0.643. The van der Waals surface area contributed by atoms with Crippen LogP contribution in [0.1, 0.15) is 28.4 Å². The van der Waals surface area contributed by atoms with E-state index in [1.165, 1.54) is 6.07 Å². The molecule has 1 aliphatic rings. The third kappa shape index (κ3) is 2.50. The van der Waals surface area contributed by atoms with Gasteiger partial charge in [-0.1, -0.05) is 0 Å². The van der Waals surface area contributed by atoms with Crippen molar-refractivity contribution in [1.82, 2.24) is 4.90 Å². The number of carbonyl (C=O) groups is 1. The first-order chi connectivity index (χ1) is 8.93. The number of benzene rings is 1. The summed E-state index contributed by atoms with van der Waals surface area (Å²) in [6.07, 6.45) is 0.768. The minimum Gasteiger partial charge on any atom is -0.507 e. The molecule has 0 aliphatic carbocycles. The van der Waals surface area contributed by atoms with Gasteiger partial charge in [0.1, 0.15) is 17.1 Å². The van der Waals surface area contributed by atoms with Crippen LogP contribution in [0.3, 0.4) is 0 Å². The Morgan fingerprint density at radius 2 is 2.11 bits per heavy atom. The molecule has 1 fully saturated rings. The molecule has 104 valence electrons. The first kappa shape index (κ1) is 13.6. The molecule has 6 heteroatoms. The van der Waals surface area contributed by atoms with Gasteiger partial charge in [0.15, 0.2) is 0 Å². The molecule has 0 bridgehead atoms. The second kappa shape index (κ2) is 5.07. The normalized spacial score (nSPS) is 23.7. The van der Waals surface area contributed by atoms with E-state index in [4.69, 9.17) is 10.8 Å². The van der Waals surface area contributed by atoms with E-state index in [9.17, 15) is 15.0 Å². The summed E-state index contributed by atoms with van der Waals surface area (Å²) in [7, 11) is 1.91. The smallest absolute Gasteiger partial charge is 0.339 e. The minimum absolute atomic E-state index is 0.0766. The predicted octanol–water partition coefficient (Wildman–Crippen LogP) is 0.747. The van der Waals surface area contributed by atoms with Crippen LogP contribution in [0.2, 0.25) is 0 Å². The Bertz CT molecular complexity index is 504. The molecule has 1 aromatic carbocycles. The Kier molecular flexibility index (Phi) is 3.64. The predicted molar refractivity (Wildman–Crippen MR) is 69.3 cm³/mol. The van der Waals surface area contributed by atoms with Crippen molar-refractivity contribution in [3.05, 3.63) is 23.3 Å². The molecule has 5 N–H and O–H groups in total. The number of carboxylic acids is 1. The van der Waals surface area contributed by atoms with Gasteiger partial charge < -0.3 is 21.1 Å². The van der Waals surface area contributed by atoms with E-state index < -0.39 is 11.7 Å². The number of nitrogens with zero attached hydrogens (tertiary/aromatic N) is 1. The van der Waals surface area contributed by atoms with Crippen LogP contribution in [-0.2, 0) is 0 Å². The highest BCUT2D eigenvalue weighted by atomic mass is 16.4. The van der Waals surface area contributed by atoms with Crippen LogP contribution in [-0.4, -0.2) is 46.3 Å². The maximum absolute atomic E-state index is 11.0. The monoisotopic (exact) mass is 266 g/mol. The van der Waals surface area contributed by atoms with E-state index >= 15 is 0 Å². The Labute approximate surface area is 111 Å². The molecule has 1 aliphatic heterocycles. The maximum Gasteiger partial charge on any atom is 0.339 e. The highest BCUT2D eigenvalue weighted by Gasteiger charge is 2.32. The number of likely N-dealkylation sites (tertiary alicyclic amines) is 1. The third-order valence-electron chi connectivity index (χ3n) is 3.70. The Morgan fingerprint density at radius 1 is 1.42 bits per heavy atom. The molecule has 0 saturated carbocycles. The van der Waals surface area contributed by atoms with Crippen LogP contribution >= 0.6 is 0 Å². The van der Waals surface area contributed by atoms with Crippen molar-refractivity contribution in [2.75, 3.05) is 20.1 Å². The summed E-state index contributed by atoms with van der Waals surface area (Å²) in [5, 5.41) is 28.5. The summed E-state index contributed by atoms with van der Waals surface area (Å²) < 4.78 is 0. The molecule has 2 rings (SSSR count). The van der Waals surface area contributed by atoms with Crippen LogP contribution in [0, 0.1) is 5.92 Å². The number of nitrogens with two attached hydrogens (primary N) is 1. The molecule has 1 heterocycles. The topological polar surface area (TPSA) is 107 Å². The van der Waals surface area contributed by atoms with Crippen molar-refractivity contribution in [2.45, 2.75) is 12.5 Å². The lowest BCUT2D eigenvalue weighted by atomic mass is 9.97. The van der Waals surface area contributed by atoms with Gasteiger partial charge in [0.25, 0.3) is 0 Å². The summed E-state index contributed by atoms with van der Waals surface area (Å²) in [6, 6.07) is 2.35. The summed E-state index contributed by atoms with van der Waals surface area (Å²) in [6.45, 7) is 1.37. The van der Waals surface area contributed by atoms with Gasteiger partial charge in [-0.2, -0.15) is 0 Å². The second-order valence-corrected chi connectivity index (χ2v) is 5.03. The average Bonchev–Trinajstić information content (AvgIpc) is 2.70. The number of phenolic OH excluding ortho intramolecular Hbond substituents is 1. The summed E-state index contributed by atoms with van der Waals surface area (Å²) in [5.41, 5.74) is 5.98. The third-order valence-corrected chi connectivity index (χ3v) is 3.70. The van der Waals surface area contributed by atoms with Crippen LogP contribution < -0.4 is 5.73 Å². The molecule has 2 atom stereocenters. The SMILES string of the molecule is CN1CC(CN)CC1c1cc(C(=O)O)c(O)cc1O. The molecule has 0 spiro atoms. The standard InChI is InChI=1S/C13H18N2O4/c1-15-6-7(5-14)2-10(15)8-3-9(13(18)19)12(17)4-11(8)16/h3-4,7,10,16-17H,2,5-6,14H2,1H3,(H,18,19). The number of hydrogen-bond acceptors (Lipinski definition) is 5. The fraction of sp³-hybridized carbons (Fsp3) is 0.462. The van der Waals surface area contributed by atoms with E-state index in [-0.39, 0.29) is 17.4 Å². The number of rotatable bonds is 3. The van der Waals surface area contributed by atoms with E-state index in [0.717, 1.165) is 19.0 Å². The van der Waals surface area contributed by atoms with Crippen molar-refractivity contribution in [3.63, 3.8) is 0 Å². The zero-order chi connectivity index (χ0) is 14.2. The molecule has 1 saturated heterocycles. The largest absolute Gasteiger partial charge is 0.507 e. The first-order valence-electron chi connectivity index (χ1n) is 6.13. The van der Waals surface area contributed by atoms with E-state index in [2.05, 4.69) is 0 Å². The number of phenols is 2. The summed E-state index contributed by atoms with van der Waals surface area (Å²) in [5.74, 6) is -1.40. The highest BCUT2D eigenvalue weighted by molar-refractivity contribution is 5.91. The number of carboxylic acid groups (broad SMARTS) is 1. The molecule has 1 aromatic rings. The molecule has 0 amide bonds. The summed E-state index contributed by atoms with van der Waals surface area (Å²) >= 11 is 0. The molecule has 2 unspecified atom stereocenters. The molecule has 0 aromatic heterocycles. The van der Waals surface area contributed by atoms with Gasteiger partial charge in [0, 0.05) is 24.2 Å². The van der Waals surface area contributed by atoms with Crippen LogP contribution in [0.5, 0.6) is 11.5 Å². The lowest BCUT2D eigenvalue weighted by Crippen LogP contribution is -2.20. The lowest BCUT2D eigenvalue weighted by Gasteiger charge is -2.21. The molecular formula is C13H18N2O4. The molecule has 6 nitrogen and oxygen atoms in total. The molecular weight excluding hydrogens is 248 g/mol. The van der Waals surface area contributed by atoms with Crippen molar-refractivity contribution >= 4 is 5.97 Å². The molecule has 19 heavy (non-hydrogen) atoms. The fourth-order valence-corrected chi connectivity index (χ4v) is 2.67. The summed E-state index contributed by atoms with van der Waals surface area (Å²) in [4.78, 5) is 13.1. The fourth-order valence-electron chi connectivity index (χ4n) is 2.67. The number of hydrogen-bond donors (Lipinski definition) is 4.